The Kier molecular flexibility index (Phi) is 5.88. The van der Waals surface area contributed by atoms with E-state index in [9.17, 15) is 0 Å². The molecule has 1 heterocycles. The predicted molar refractivity (Wildman–Crippen MR) is 85.0 cm³/mol. The van der Waals surface area contributed by atoms with Crippen LogP contribution < -0.4 is 14.8 Å². The molecule has 21 heavy (non-hydrogen) atoms. The second-order valence-corrected chi connectivity index (χ2v) is 4.79. The molecule has 0 unspecified atom stereocenters. The number of rotatable bonds is 8. The summed E-state index contributed by atoms with van der Waals surface area (Å²) >= 11 is 0. The van der Waals surface area contributed by atoms with Gasteiger partial charge in [-0.3, -0.25) is 0 Å². The van der Waals surface area contributed by atoms with Gasteiger partial charge in [0.2, 0.25) is 5.88 Å². The minimum absolute atomic E-state index is 0.620. The maximum absolute atomic E-state index is 5.65. The minimum Gasteiger partial charge on any atom is -0.494 e. The van der Waals surface area contributed by atoms with Gasteiger partial charge in [-0.25, -0.2) is 4.98 Å². The summed E-state index contributed by atoms with van der Waals surface area (Å²) < 4.78 is 10.7. The minimum atomic E-state index is 0.620. The average Bonchev–Trinajstić information content (AvgIpc) is 2.55. The van der Waals surface area contributed by atoms with Gasteiger partial charge in [-0.15, -0.1) is 0 Å². The number of ether oxygens (including phenoxy) is 2. The Morgan fingerprint density at radius 1 is 1.10 bits per heavy atom. The van der Waals surface area contributed by atoms with Gasteiger partial charge >= 0.3 is 0 Å². The van der Waals surface area contributed by atoms with Crippen molar-refractivity contribution in [3.8, 4) is 11.6 Å². The highest BCUT2D eigenvalue weighted by Crippen LogP contribution is 2.15. The zero-order valence-electron chi connectivity index (χ0n) is 12.6. The lowest BCUT2D eigenvalue weighted by Crippen LogP contribution is -2.01. The molecule has 0 aliphatic rings. The standard InChI is InChI=1S/C17H22N2O2/c1-3-4-11-21-16-8-5-14(6-9-16)12-18-15-7-10-17(20-2)19-13-15/h5-10,13,18H,3-4,11-12H2,1-2H3. The third-order valence-corrected chi connectivity index (χ3v) is 3.13. The Balaban J connectivity index is 1.82. The van der Waals surface area contributed by atoms with E-state index in [0.29, 0.717) is 5.88 Å². The molecule has 1 aromatic heterocycles. The quantitative estimate of drug-likeness (QED) is 0.748. The number of nitrogens with one attached hydrogen (secondary N) is 1. The molecule has 2 aromatic rings. The van der Waals surface area contributed by atoms with Crippen molar-refractivity contribution in [2.24, 2.45) is 0 Å². The lowest BCUT2D eigenvalue weighted by Gasteiger charge is -2.09. The summed E-state index contributed by atoms with van der Waals surface area (Å²) in [5.41, 5.74) is 2.17. The van der Waals surface area contributed by atoms with Crippen molar-refractivity contribution < 1.29 is 9.47 Å². The van der Waals surface area contributed by atoms with Crippen LogP contribution in [0, 0.1) is 0 Å². The van der Waals surface area contributed by atoms with E-state index in [4.69, 9.17) is 9.47 Å². The van der Waals surface area contributed by atoms with E-state index in [1.807, 2.05) is 24.3 Å². The van der Waals surface area contributed by atoms with E-state index in [2.05, 4.69) is 29.4 Å². The van der Waals surface area contributed by atoms with Crippen LogP contribution >= 0.6 is 0 Å². The number of unbranched alkanes of at least 4 members (excludes halogenated alkanes) is 1. The first-order valence-electron chi connectivity index (χ1n) is 7.27. The molecule has 0 aliphatic heterocycles. The molecule has 1 aromatic carbocycles. The molecule has 0 atom stereocenters. The summed E-state index contributed by atoms with van der Waals surface area (Å²) in [4.78, 5) is 4.16. The Labute approximate surface area is 126 Å². The summed E-state index contributed by atoms with van der Waals surface area (Å²) in [5, 5.41) is 3.33. The Morgan fingerprint density at radius 3 is 2.52 bits per heavy atom. The molecule has 0 bridgehead atoms. The summed E-state index contributed by atoms with van der Waals surface area (Å²) in [5.74, 6) is 1.55. The van der Waals surface area contributed by atoms with Crippen molar-refractivity contribution >= 4 is 5.69 Å². The van der Waals surface area contributed by atoms with E-state index >= 15 is 0 Å². The average molecular weight is 286 g/mol. The lowest BCUT2D eigenvalue weighted by atomic mass is 10.2. The number of pyridine rings is 1. The zero-order chi connectivity index (χ0) is 14.9. The maximum Gasteiger partial charge on any atom is 0.213 e. The molecule has 0 fully saturated rings. The van der Waals surface area contributed by atoms with Gasteiger partial charge in [-0.1, -0.05) is 25.5 Å². The van der Waals surface area contributed by atoms with Gasteiger partial charge in [-0.2, -0.15) is 0 Å². The maximum atomic E-state index is 5.65. The summed E-state index contributed by atoms with van der Waals surface area (Å²) in [6, 6.07) is 12.0. The molecular formula is C17H22N2O2. The van der Waals surface area contributed by atoms with Gasteiger partial charge in [0.15, 0.2) is 0 Å². The number of nitrogens with zero attached hydrogens (tertiary/aromatic N) is 1. The fourth-order valence-corrected chi connectivity index (χ4v) is 1.85. The molecule has 0 saturated carbocycles. The molecule has 4 nitrogen and oxygen atoms in total. The van der Waals surface area contributed by atoms with Crippen LogP contribution in [-0.2, 0) is 6.54 Å². The fourth-order valence-electron chi connectivity index (χ4n) is 1.85. The van der Waals surface area contributed by atoms with Crippen molar-refractivity contribution in [3.63, 3.8) is 0 Å². The highest BCUT2D eigenvalue weighted by molar-refractivity contribution is 5.43. The molecule has 0 aliphatic carbocycles. The second kappa shape index (κ2) is 8.15. The van der Waals surface area contributed by atoms with Gasteiger partial charge in [0.05, 0.1) is 25.6 Å². The molecule has 0 amide bonds. The monoisotopic (exact) mass is 286 g/mol. The Morgan fingerprint density at radius 2 is 1.90 bits per heavy atom. The van der Waals surface area contributed by atoms with Gasteiger partial charge in [0, 0.05) is 12.6 Å². The molecular weight excluding hydrogens is 264 g/mol. The highest BCUT2D eigenvalue weighted by atomic mass is 16.5. The van der Waals surface area contributed by atoms with Crippen molar-refractivity contribution in [2.45, 2.75) is 26.3 Å². The highest BCUT2D eigenvalue weighted by Gasteiger charge is 1.98. The third kappa shape index (κ3) is 4.99. The molecule has 112 valence electrons. The van der Waals surface area contributed by atoms with Gasteiger partial charge in [-0.05, 0) is 30.2 Å². The van der Waals surface area contributed by atoms with Gasteiger partial charge in [0.25, 0.3) is 0 Å². The first-order valence-corrected chi connectivity index (χ1v) is 7.27. The smallest absolute Gasteiger partial charge is 0.213 e. The third-order valence-electron chi connectivity index (χ3n) is 3.13. The van der Waals surface area contributed by atoms with Crippen LogP contribution in [0.4, 0.5) is 5.69 Å². The number of hydrogen-bond donors (Lipinski definition) is 1. The molecule has 0 saturated heterocycles. The number of benzene rings is 1. The van der Waals surface area contributed by atoms with Crippen molar-refractivity contribution in [2.75, 3.05) is 19.0 Å². The van der Waals surface area contributed by atoms with Crippen LogP contribution in [0.3, 0.4) is 0 Å². The van der Waals surface area contributed by atoms with Gasteiger partial charge in [0.1, 0.15) is 5.75 Å². The number of aromatic nitrogens is 1. The molecule has 2 rings (SSSR count). The van der Waals surface area contributed by atoms with Gasteiger partial charge < -0.3 is 14.8 Å². The van der Waals surface area contributed by atoms with Crippen molar-refractivity contribution in [1.29, 1.82) is 0 Å². The lowest BCUT2D eigenvalue weighted by molar-refractivity contribution is 0.309. The van der Waals surface area contributed by atoms with E-state index in [1.54, 1.807) is 13.3 Å². The van der Waals surface area contributed by atoms with Crippen molar-refractivity contribution in [1.82, 2.24) is 4.98 Å². The van der Waals surface area contributed by atoms with Crippen LogP contribution in [0.15, 0.2) is 42.6 Å². The second-order valence-electron chi connectivity index (χ2n) is 4.79. The van der Waals surface area contributed by atoms with Crippen LogP contribution in [-0.4, -0.2) is 18.7 Å². The largest absolute Gasteiger partial charge is 0.494 e. The normalized spacial score (nSPS) is 10.2. The van der Waals surface area contributed by atoms with Crippen molar-refractivity contribution in [3.05, 3.63) is 48.2 Å². The topological polar surface area (TPSA) is 43.4 Å². The first-order chi connectivity index (χ1) is 10.3. The number of anilines is 1. The summed E-state index contributed by atoms with van der Waals surface area (Å²) in [7, 11) is 1.61. The van der Waals surface area contributed by atoms with E-state index < -0.39 is 0 Å². The SMILES string of the molecule is CCCCOc1ccc(CNc2ccc(OC)nc2)cc1. The zero-order valence-corrected chi connectivity index (χ0v) is 12.6. The van der Waals surface area contributed by atoms with E-state index in [0.717, 1.165) is 37.4 Å². The Hall–Kier alpha value is -2.23. The summed E-state index contributed by atoms with van der Waals surface area (Å²) in [6.07, 6.45) is 4.01. The van der Waals surface area contributed by atoms with Crippen LogP contribution in [0.25, 0.3) is 0 Å². The number of methoxy groups -OCH3 is 1. The Bertz CT molecular complexity index is 523. The molecule has 0 radical (unpaired) electrons. The first kappa shape index (κ1) is 15.2. The summed E-state index contributed by atoms with van der Waals surface area (Å²) in [6.45, 7) is 3.70. The van der Waals surface area contributed by atoms with Crippen LogP contribution in [0.5, 0.6) is 11.6 Å². The fraction of sp³-hybridized carbons (Fsp3) is 0.353. The number of hydrogen-bond acceptors (Lipinski definition) is 4. The van der Waals surface area contributed by atoms with E-state index in [-0.39, 0.29) is 0 Å². The molecule has 1 N–H and O–H groups in total. The van der Waals surface area contributed by atoms with Crippen LogP contribution in [0.2, 0.25) is 0 Å². The molecule has 0 spiro atoms. The molecule has 4 heteroatoms. The van der Waals surface area contributed by atoms with E-state index in [1.165, 1.54) is 5.56 Å². The predicted octanol–water partition coefficient (Wildman–Crippen LogP) is 3.88. The van der Waals surface area contributed by atoms with Crippen LogP contribution in [0.1, 0.15) is 25.3 Å².